The van der Waals surface area contributed by atoms with Crippen molar-refractivity contribution in [2.45, 2.75) is 32.3 Å². The van der Waals surface area contributed by atoms with Crippen LogP contribution in [0.15, 0.2) is 12.3 Å². The summed E-state index contributed by atoms with van der Waals surface area (Å²) in [6.45, 7) is 4.32. The lowest BCUT2D eigenvalue weighted by molar-refractivity contribution is 0.00194. The van der Waals surface area contributed by atoms with Gasteiger partial charge in [0.2, 0.25) is 0 Å². The number of carbonyl (C=O) groups excluding carboxylic acids is 1. The molecule has 5 heteroatoms. The van der Waals surface area contributed by atoms with E-state index in [1.54, 1.807) is 12.3 Å². The molecule has 1 atom stereocenters. The highest BCUT2D eigenvalue weighted by molar-refractivity contribution is 6.30. The van der Waals surface area contributed by atoms with Crippen molar-refractivity contribution in [3.8, 4) is 0 Å². The van der Waals surface area contributed by atoms with Gasteiger partial charge in [-0.2, -0.15) is 0 Å². The molecule has 1 aliphatic rings. The molecule has 1 N–H and O–H groups in total. The lowest BCUT2D eigenvalue weighted by Crippen LogP contribution is -2.43. The Balaban J connectivity index is 1.94. The Morgan fingerprint density at radius 1 is 1.67 bits per heavy atom. The number of nitrogens with one attached hydrogen (secondary N) is 1. The van der Waals surface area contributed by atoms with Crippen molar-refractivity contribution in [3.63, 3.8) is 0 Å². The number of nitrogens with zero attached hydrogens (tertiary/aromatic N) is 1. The normalized spacial score (nSPS) is 20.1. The summed E-state index contributed by atoms with van der Waals surface area (Å²) in [5, 5.41) is 0.564. The average Bonchev–Trinajstić information content (AvgIpc) is 2.82. The highest BCUT2D eigenvalue weighted by atomic mass is 35.5. The molecule has 0 radical (unpaired) electrons. The molecule has 100 valence electrons. The second-order valence-corrected chi connectivity index (χ2v) is 5.05. The van der Waals surface area contributed by atoms with Crippen molar-refractivity contribution in [1.82, 2.24) is 9.88 Å². The van der Waals surface area contributed by atoms with Gasteiger partial charge in [-0.05, 0) is 25.3 Å². The van der Waals surface area contributed by atoms with Crippen LogP contribution in [-0.2, 0) is 4.74 Å². The molecular formula is C13H19ClN2O2. The van der Waals surface area contributed by atoms with Gasteiger partial charge in [0.25, 0.3) is 5.91 Å². The Labute approximate surface area is 112 Å². The SMILES string of the molecule is CCCO[C@H]1CCCN(C(=O)c2cc(Cl)c[nH]2)C1. The van der Waals surface area contributed by atoms with E-state index in [0.717, 1.165) is 32.4 Å². The molecule has 1 aromatic rings. The zero-order valence-electron chi connectivity index (χ0n) is 10.6. The van der Waals surface area contributed by atoms with Gasteiger partial charge in [-0.1, -0.05) is 18.5 Å². The van der Waals surface area contributed by atoms with Crippen LogP contribution in [0, 0.1) is 0 Å². The largest absolute Gasteiger partial charge is 0.376 e. The highest BCUT2D eigenvalue weighted by Crippen LogP contribution is 2.17. The number of amides is 1. The summed E-state index contributed by atoms with van der Waals surface area (Å²) in [7, 11) is 0. The van der Waals surface area contributed by atoms with Gasteiger partial charge < -0.3 is 14.6 Å². The second kappa shape index (κ2) is 6.25. The van der Waals surface area contributed by atoms with Gasteiger partial charge in [-0.25, -0.2) is 0 Å². The number of aromatic amines is 1. The summed E-state index contributed by atoms with van der Waals surface area (Å²) in [6, 6.07) is 1.67. The Bertz CT molecular complexity index is 405. The molecule has 1 amide bonds. The number of hydrogen-bond donors (Lipinski definition) is 1. The maximum absolute atomic E-state index is 12.2. The van der Waals surface area contributed by atoms with Gasteiger partial charge in [0.15, 0.2) is 0 Å². The summed E-state index contributed by atoms with van der Waals surface area (Å²) in [4.78, 5) is 16.9. The van der Waals surface area contributed by atoms with Crippen LogP contribution in [0.3, 0.4) is 0 Å². The molecule has 0 unspecified atom stereocenters. The molecule has 1 aromatic heterocycles. The fourth-order valence-corrected chi connectivity index (χ4v) is 2.37. The fraction of sp³-hybridized carbons (Fsp3) is 0.615. The third kappa shape index (κ3) is 3.27. The first-order valence-corrected chi connectivity index (χ1v) is 6.83. The van der Waals surface area contributed by atoms with Gasteiger partial charge in [-0.15, -0.1) is 0 Å². The molecule has 0 aromatic carbocycles. The smallest absolute Gasteiger partial charge is 0.270 e. The molecule has 0 spiro atoms. The summed E-state index contributed by atoms with van der Waals surface area (Å²) < 4.78 is 5.72. The first-order chi connectivity index (χ1) is 8.70. The number of likely N-dealkylation sites (tertiary alicyclic amines) is 1. The van der Waals surface area contributed by atoms with E-state index in [1.807, 2.05) is 4.90 Å². The number of piperidine rings is 1. The summed E-state index contributed by atoms with van der Waals surface area (Å²) in [6.07, 6.45) is 4.85. The number of halogens is 1. The van der Waals surface area contributed by atoms with E-state index in [4.69, 9.17) is 16.3 Å². The zero-order chi connectivity index (χ0) is 13.0. The number of rotatable bonds is 4. The molecule has 2 rings (SSSR count). The van der Waals surface area contributed by atoms with E-state index < -0.39 is 0 Å². The molecule has 0 saturated carbocycles. The van der Waals surface area contributed by atoms with Gasteiger partial charge in [0.1, 0.15) is 5.69 Å². The predicted molar refractivity (Wildman–Crippen MR) is 71.0 cm³/mol. The quantitative estimate of drug-likeness (QED) is 0.914. The number of ether oxygens (including phenoxy) is 1. The maximum Gasteiger partial charge on any atom is 0.270 e. The van der Waals surface area contributed by atoms with Gasteiger partial charge in [-0.3, -0.25) is 4.79 Å². The third-order valence-electron chi connectivity index (χ3n) is 3.10. The fourth-order valence-electron chi connectivity index (χ4n) is 2.20. The third-order valence-corrected chi connectivity index (χ3v) is 3.32. The average molecular weight is 271 g/mol. The van der Waals surface area contributed by atoms with Crippen LogP contribution >= 0.6 is 11.6 Å². The molecular weight excluding hydrogens is 252 g/mol. The maximum atomic E-state index is 12.2. The van der Waals surface area contributed by atoms with Crippen LogP contribution in [-0.4, -0.2) is 41.6 Å². The first kappa shape index (κ1) is 13.4. The molecule has 1 aliphatic heterocycles. The van der Waals surface area contributed by atoms with E-state index >= 15 is 0 Å². The standard InChI is InChI=1S/C13H19ClN2O2/c1-2-6-18-11-4-3-5-16(9-11)13(17)12-7-10(14)8-15-12/h7-8,11,15H,2-6,9H2,1H3/t11-/m0/s1. The minimum Gasteiger partial charge on any atom is -0.376 e. The summed E-state index contributed by atoms with van der Waals surface area (Å²) >= 11 is 5.81. The van der Waals surface area contributed by atoms with Crippen molar-refractivity contribution >= 4 is 17.5 Å². The highest BCUT2D eigenvalue weighted by Gasteiger charge is 2.25. The van der Waals surface area contributed by atoms with Crippen LogP contribution in [0.1, 0.15) is 36.7 Å². The molecule has 1 fully saturated rings. The Morgan fingerprint density at radius 3 is 3.17 bits per heavy atom. The van der Waals surface area contributed by atoms with Crippen molar-refractivity contribution < 1.29 is 9.53 Å². The minimum atomic E-state index is 0.00620. The molecule has 0 bridgehead atoms. The number of H-pyrrole nitrogens is 1. The Kier molecular flexibility index (Phi) is 4.66. The summed E-state index contributed by atoms with van der Waals surface area (Å²) in [5.41, 5.74) is 0.552. The van der Waals surface area contributed by atoms with E-state index in [2.05, 4.69) is 11.9 Å². The van der Waals surface area contributed by atoms with Crippen LogP contribution in [0.5, 0.6) is 0 Å². The van der Waals surface area contributed by atoms with Crippen LogP contribution in [0.4, 0.5) is 0 Å². The number of hydrogen-bond acceptors (Lipinski definition) is 2. The minimum absolute atomic E-state index is 0.00620. The lowest BCUT2D eigenvalue weighted by Gasteiger charge is -2.32. The molecule has 2 heterocycles. The van der Waals surface area contributed by atoms with E-state index in [9.17, 15) is 4.79 Å². The van der Waals surface area contributed by atoms with Crippen LogP contribution < -0.4 is 0 Å². The van der Waals surface area contributed by atoms with Gasteiger partial charge >= 0.3 is 0 Å². The van der Waals surface area contributed by atoms with E-state index in [-0.39, 0.29) is 12.0 Å². The van der Waals surface area contributed by atoms with Crippen molar-refractivity contribution in [2.75, 3.05) is 19.7 Å². The molecule has 4 nitrogen and oxygen atoms in total. The molecule has 1 saturated heterocycles. The monoisotopic (exact) mass is 270 g/mol. The lowest BCUT2D eigenvalue weighted by atomic mass is 10.1. The van der Waals surface area contributed by atoms with Gasteiger partial charge in [0, 0.05) is 25.9 Å². The van der Waals surface area contributed by atoms with Crippen molar-refractivity contribution in [1.29, 1.82) is 0 Å². The van der Waals surface area contributed by atoms with E-state index in [0.29, 0.717) is 17.3 Å². The Hall–Kier alpha value is -1.00. The second-order valence-electron chi connectivity index (χ2n) is 4.62. The number of aromatic nitrogens is 1. The van der Waals surface area contributed by atoms with E-state index in [1.165, 1.54) is 0 Å². The van der Waals surface area contributed by atoms with Crippen molar-refractivity contribution in [2.24, 2.45) is 0 Å². The van der Waals surface area contributed by atoms with Gasteiger partial charge in [0.05, 0.1) is 11.1 Å². The first-order valence-electron chi connectivity index (χ1n) is 6.45. The Morgan fingerprint density at radius 2 is 2.50 bits per heavy atom. The number of carbonyl (C=O) groups is 1. The van der Waals surface area contributed by atoms with Crippen LogP contribution in [0.25, 0.3) is 0 Å². The molecule has 18 heavy (non-hydrogen) atoms. The summed E-state index contributed by atoms with van der Waals surface area (Å²) in [5.74, 6) is 0.00620. The predicted octanol–water partition coefficient (Wildman–Crippen LogP) is 2.70. The van der Waals surface area contributed by atoms with Crippen LogP contribution in [0.2, 0.25) is 5.02 Å². The molecule has 0 aliphatic carbocycles. The zero-order valence-corrected chi connectivity index (χ0v) is 11.4. The van der Waals surface area contributed by atoms with Crippen molar-refractivity contribution in [3.05, 3.63) is 23.0 Å². The topological polar surface area (TPSA) is 45.3 Å².